The highest BCUT2D eigenvalue weighted by molar-refractivity contribution is 5.75. The fourth-order valence-electron chi connectivity index (χ4n) is 5.25. The number of rotatable bonds is 6. The molecule has 28 heavy (non-hydrogen) atoms. The molecule has 3 saturated heterocycles. The second-order valence-electron chi connectivity index (χ2n) is 8.24. The maximum atomic E-state index is 11.7. The van der Waals surface area contributed by atoms with Crippen LogP contribution in [0, 0.1) is 11.8 Å². The molecule has 1 spiro atoms. The second kappa shape index (κ2) is 6.97. The van der Waals surface area contributed by atoms with E-state index < -0.39 is 0 Å². The molecule has 7 heteroatoms. The van der Waals surface area contributed by atoms with Crippen molar-refractivity contribution in [2.24, 2.45) is 11.8 Å². The maximum Gasteiger partial charge on any atom is 0.257 e. The third-order valence-corrected chi connectivity index (χ3v) is 6.56. The van der Waals surface area contributed by atoms with Gasteiger partial charge in [0.2, 0.25) is 5.91 Å². The van der Waals surface area contributed by atoms with Crippen LogP contribution in [0.3, 0.4) is 0 Å². The van der Waals surface area contributed by atoms with Crippen LogP contribution in [0.4, 0.5) is 0 Å². The number of benzene rings is 1. The first-order valence-corrected chi connectivity index (χ1v) is 10.2. The number of hydrogen-bond acceptors (Lipinski definition) is 6. The monoisotopic (exact) mass is 382 g/mol. The summed E-state index contributed by atoms with van der Waals surface area (Å²) in [6.07, 6.45) is 3.02. The second-order valence-corrected chi connectivity index (χ2v) is 8.24. The normalized spacial score (nSPS) is 31.2. The van der Waals surface area contributed by atoms with Gasteiger partial charge in [-0.05, 0) is 25.0 Å². The Labute approximate surface area is 164 Å². The number of nitrogens with zero attached hydrogens (tertiary/aromatic N) is 3. The van der Waals surface area contributed by atoms with Crippen molar-refractivity contribution < 1.29 is 14.1 Å². The van der Waals surface area contributed by atoms with Gasteiger partial charge in [0.25, 0.3) is 5.89 Å². The molecule has 2 aromatic rings. The summed E-state index contributed by atoms with van der Waals surface area (Å²) in [4.78, 5) is 18.6. The molecule has 0 aliphatic carbocycles. The molecule has 7 nitrogen and oxygen atoms in total. The van der Waals surface area contributed by atoms with Crippen LogP contribution in [0.25, 0.3) is 11.5 Å². The summed E-state index contributed by atoms with van der Waals surface area (Å²) in [6, 6.07) is 9.84. The zero-order valence-corrected chi connectivity index (χ0v) is 16.1. The van der Waals surface area contributed by atoms with Crippen molar-refractivity contribution in [2.45, 2.75) is 44.4 Å². The molecule has 2 bridgehead atoms. The fraction of sp³-hybridized carbons (Fsp3) is 0.571. The molecule has 3 aliphatic heterocycles. The van der Waals surface area contributed by atoms with Crippen LogP contribution in [0.1, 0.15) is 32.0 Å². The molecule has 0 unspecified atom stereocenters. The predicted octanol–water partition coefficient (Wildman–Crippen LogP) is 2.24. The first-order valence-electron chi connectivity index (χ1n) is 10.2. The summed E-state index contributed by atoms with van der Waals surface area (Å²) in [5, 5.41) is 7.25. The van der Waals surface area contributed by atoms with Crippen molar-refractivity contribution in [3.8, 4) is 11.5 Å². The van der Waals surface area contributed by atoms with E-state index in [1.165, 1.54) is 0 Å². The van der Waals surface area contributed by atoms with E-state index >= 15 is 0 Å². The summed E-state index contributed by atoms with van der Waals surface area (Å²) in [6.45, 7) is 5.13. The number of hydrogen-bond donors (Lipinski definition) is 1. The lowest BCUT2D eigenvalue weighted by Crippen LogP contribution is -2.41. The minimum Gasteiger partial charge on any atom is -0.370 e. The lowest BCUT2D eigenvalue weighted by atomic mass is 9.73. The number of carbonyl (C=O) groups excluding carboxylic acids is 1. The highest BCUT2D eigenvalue weighted by atomic mass is 16.5. The molecule has 5 rings (SSSR count). The Bertz CT molecular complexity index is 854. The molecule has 0 saturated carbocycles. The standard InChI is InChI=1S/C21H26N4O3/c1-2-19(26)22-10-15-16-11-25(13-21(16)9-8-17(15)27-21)12-18-23-20(28-24-18)14-6-4-3-5-7-14/h3-7,15-17H,2,8-13H2,1H3,(H,22,26)/t15-,16+,17+,21+/m0/s1. The van der Waals surface area contributed by atoms with Crippen molar-refractivity contribution >= 4 is 5.91 Å². The molecule has 0 radical (unpaired) electrons. The van der Waals surface area contributed by atoms with Crippen LogP contribution < -0.4 is 5.32 Å². The minimum atomic E-state index is -0.0573. The Kier molecular flexibility index (Phi) is 4.44. The van der Waals surface area contributed by atoms with Gasteiger partial charge in [-0.15, -0.1) is 0 Å². The molecule has 1 aromatic heterocycles. The smallest absolute Gasteiger partial charge is 0.257 e. The average Bonchev–Trinajstić information content (AvgIpc) is 3.47. The van der Waals surface area contributed by atoms with Crippen molar-refractivity contribution in [2.75, 3.05) is 19.6 Å². The SMILES string of the molecule is CCC(=O)NC[C@H]1[C@H]2CN(Cc3noc(-c4ccccc4)n3)C[C@]23CC[C@H]1O3. The van der Waals surface area contributed by atoms with Crippen molar-refractivity contribution in [3.63, 3.8) is 0 Å². The fourth-order valence-corrected chi connectivity index (χ4v) is 5.25. The third-order valence-electron chi connectivity index (χ3n) is 6.56. The van der Waals surface area contributed by atoms with Crippen molar-refractivity contribution in [1.82, 2.24) is 20.4 Å². The number of carbonyl (C=O) groups is 1. The molecular formula is C21H26N4O3. The van der Waals surface area contributed by atoms with E-state index in [2.05, 4.69) is 20.4 Å². The topological polar surface area (TPSA) is 80.5 Å². The van der Waals surface area contributed by atoms with Crippen molar-refractivity contribution in [3.05, 3.63) is 36.2 Å². The Balaban J connectivity index is 1.26. The quantitative estimate of drug-likeness (QED) is 0.825. The Hall–Kier alpha value is -2.25. The average molecular weight is 382 g/mol. The number of aromatic nitrogens is 2. The van der Waals surface area contributed by atoms with E-state index in [0.29, 0.717) is 42.6 Å². The molecule has 4 heterocycles. The zero-order valence-electron chi connectivity index (χ0n) is 16.1. The first kappa shape index (κ1) is 17.8. The molecular weight excluding hydrogens is 356 g/mol. The van der Waals surface area contributed by atoms with Crippen LogP contribution in [0.15, 0.2) is 34.9 Å². The van der Waals surface area contributed by atoms with Gasteiger partial charge in [0.15, 0.2) is 5.82 Å². The molecule has 4 atom stereocenters. The number of ether oxygens (including phenoxy) is 1. The number of likely N-dealkylation sites (tertiary alicyclic amines) is 1. The van der Waals surface area contributed by atoms with Gasteiger partial charge < -0.3 is 14.6 Å². The molecule has 1 aromatic carbocycles. The molecule has 1 N–H and O–H groups in total. The van der Waals surface area contributed by atoms with Gasteiger partial charge in [0.05, 0.1) is 18.2 Å². The highest BCUT2D eigenvalue weighted by Crippen LogP contribution is 2.54. The van der Waals surface area contributed by atoms with E-state index in [0.717, 1.165) is 38.0 Å². The summed E-state index contributed by atoms with van der Waals surface area (Å²) < 4.78 is 11.9. The van der Waals surface area contributed by atoms with E-state index in [1.807, 2.05) is 37.3 Å². The molecule has 3 aliphatic rings. The number of amides is 1. The Morgan fingerprint density at radius 3 is 3.04 bits per heavy atom. The van der Waals surface area contributed by atoms with Gasteiger partial charge in [-0.25, -0.2) is 0 Å². The third kappa shape index (κ3) is 3.02. The van der Waals surface area contributed by atoms with Gasteiger partial charge in [-0.3, -0.25) is 9.69 Å². The highest BCUT2D eigenvalue weighted by Gasteiger charge is 2.62. The predicted molar refractivity (Wildman–Crippen MR) is 102 cm³/mol. The summed E-state index contributed by atoms with van der Waals surface area (Å²) in [5.41, 5.74) is 0.880. The molecule has 3 fully saturated rings. The lowest BCUT2D eigenvalue weighted by Gasteiger charge is -2.29. The van der Waals surface area contributed by atoms with Crippen LogP contribution in [-0.2, 0) is 16.1 Å². The van der Waals surface area contributed by atoms with Crippen LogP contribution in [0.5, 0.6) is 0 Å². The van der Waals surface area contributed by atoms with Crippen LogP contribution in [0.2, 0.25) is 0 Å². The largest absolute Gasteiger partial charge is 0.370 e. The van der Waals surface area contributed by atoms with E-state index in [4.69, 9.17) is 9.26 Å². The Morgan fingerprint density at radius 2 is 2.21 bits per heavy atom. The summed E-state index contributed by atoms with van der Waals surface area (Å²) in [7, 11) is 0. The number of nitrogens with one attached hydrogen (secondary N) is 1. The van der Waals surface area contributed by atoms with Gasteiger partial charge in [0, 0.05) is 43.5 Å². The maximum absolute atomic E-state index is 11.7. The zero-order chi connectivity index (χ0) is 19.1. The van der Waals surface area contributed by atoms with Gasteiger partial charge >= 0.3 is 0 Å². The lowest BCUT2D eigenvalue weighted by molar-refractivity contribution is -0.121. The van der Waals surface area contributed by atoms with Gasteiger partial charge in [-0.2, -0.15) is 4.98 Å². The molecule has 1 amide bonds. The Morgan fingerprint density at radius 1 is 1.36 bits per heavy atom. The summed E-state index contributed by atoms with van der Waals surface area (Å²) >= 11 is 0. The first-order chi connectivity index (χ1) is 13.7. The van der Waals surface area contributed by atoms with Gasteiger partial charge in [0.1, 0.15) is 0 Å². The number of fused-ring (bicyclic) bond motifs is 1. The van der Waals surface area contributed by atoms with Crippen LogP contribution >= 0.6 is 0 Å². The summed E-state index contributed by atoms with van der Waals surface area (Å²) in [5.74, 6) is 2.25. The van der Waals surface area contributed by atoms with Crippen molar-refractivity contribution in [1.29, 1.82) is 0 Å². The van der Waals surface area contributed by atoms with E-state index in [9.17, 15) is 4.79 Å². The molecule has 148 valence electrons. The van der Waals surface area contributed by atoms with Gasteiger partial charge in [-0.1, -0.05) is 30.3 Å². The van der Waals surface area contributed by atoms with E-state index in [-0.39, 0.29) is 11.5 Å². The van der Waals surface area contributed by atoms with Crippen LogP contribution in [-0.4, -0.2) is 52.3 Å². The minimum absolute atomic E-state index is 0.0573. The van der Waals surface area contributed by atoms with E-state index in [1.54, 1.807) is 0 Å².